The zero-order chi connectivity index (χ0) is 38.8. The molecule has 0 radical (unpaired) electrons. The summed E-state index contributed by atoms with van der Waals surface area (Å²) >= 11 is 0. The largest absolute Gasteiger partial charge is 0.465 e. The van der Waals surface area contributed by atoms with Gasteiger partial charge in [-0.15, -0.1) is 0 Å². The molecular formula is C52H92O11. The van der Waals surface area contributed by atoms with E-state index < -0.39 is 63.0 Å². The van der Waals surface area contributed by atoms with Gasteiger partial charge in [-0.2, -0.15) is 0 Å². The number of carbonyl (C=O) groups is 5. The molecule has 10 saturated carbocycles. The average Bonchev–Trinajstić information content (AvgIpc) is 3.79. The molecule has 0 spiro atoms. The fraction of sp³-hybridized carbons (Fsp3) is 0.904. The van der Waals surface area contributed by atoms with Crippen LogP contribution in [-0.2, 0) is 42.9 Å². The van der Waals surface area contributed by atoms with Crippen LogP contribution in [0.4, 0.5) is 0 Å². The molecule has 0 aromatic carbocycles. The Morgan fingerprint density at radius 3 is 1.75 bits per heavy atom. The summed E-state index contributed by atoms with van der Waals surface area (Å²) < 4.78 is 24.3. The SMILES string of the molecule is C.C.C.C.C.C.C.C.CC1C(=O)OC(=O)C1C(C)(CC(C)(CC1C(C)C2CC1C1COC(=O)C21)C(=O)OC1(C)C2CC3CC(C2)CC1C3)C(=O)OC12CC3CC(O)(CC(O)(C3)C1)C2. The monoisotopic (exact) mass is 893 g/mol. The van der Waals surface area contributed by atoms with Crippen molar-refractivity contribution in [1.82, 2.24) is 0 Å². The van der Waals surface area contributed by atoms with Crippen molar-refractivity contribution < 1.29 is 53.1 Å². The van der Waals surface area contributed by atoms with Crippen molar-refractivity contribution in [2.75, 3.05) is 6.61 Å². The van der Waals surface area contributed by atoms with Crippen LogP contribution in [0.5, 0.6) is 0 Å². The van der Waals surface area contributed by atoms with Crippen molar-refractivity contribution in [3.63, 3.8) is 0 Å². The number of hydrogen-bond donors (Lipinski definition) is 2. The van der Waals surface area contributed by atoms with Crippen molar-refractivity contribution in [3.8, 4) is 0 Å². The highest BCUT2D eigenvalue weighted by Gasteiger charge is 2.69. The highest BCUT2D eigenvalue weighted by molar-refractivity contribution is 6.00. The van der Waals surface area contributed by atoms with Crippen LogP contribution in [-0.4, -0.2) is 69.1 Å². The minimum atomic E-state index is -1.69. The maximum atomic E-state index is 15.4. The molecule has 12 atom stereocenters. The van der Waals surface area contributed by atoms with Crippen LogP contribution in [0, 0.1) is 87.8 Å². The Bertz CT molecular complexity index is 1690. The molecule has 12 unspecified atom stereocenters. The molecule has 366 valence electrons. The van der Waals surface area contributed by atoms with E-state index in [0.717, 1.165) is 32.1 Å². The maximum absolute atomic E-state index is 15.4. The third-order valence-electron chi connectivity index (χ3n) is 18.4. The third kappa shape index (κ3) is 8.23. The van der Waals surface area contributed by atoms with Crippen LogP contribution in [0.15, 0.2) is 0 Å². The Labute approximate surface area is 382 Å². The lowest BCUT2D eigenvalue weighted by atomic mass is 9.50. The van der Waals surface area contributed by atoms with E-state index in [9.17, 15) is 24.6 Å². The fourth-order valence-electron chi connectivity index (χ4n) is 16.7. The summed E-state index contributed by atoms with van der Waals surface area (Å²) in [6, 6.07) is 0. The van der Waals surface area contributed by atoms with Gasteiger partial charge in [-0.25, -0.2) is 0 Å². The zero-order valence-electron chi connectivity index (χ0n) is 33.2. The average molecular weight is 893 g/mol. The highest BCUT2D eigenvalue weighted by atomic mass is 16.6. The van der Waals surface area contributed by atoms with Gasteiger partial charge in [0.1, 0.15) is 11.2 Å². The standard InChI is InChI=1S/C44H60O11.8CH4/c1-21-28-11-29(31-16-52-35(46)32(28)31)30(21)15-39(3,37(48)54-41(5)26-7-23-6-24(9-26)10-27(41)8-23)17-40(4,33-22(2)34(45)53-36(33)47)38(49)55-44-14-25-12-42(50,19-44)18-43(51,13-25)20-44;;;;;;;;/h21-33,50-51H,6-20H2,1-5H3;8*1H4. The van der Waals surface area contributed by atoms with Gasteiger partial charge >= 0.3 is 29.8 Å². The van der Waals surface area contributed by atoms with Gasteiger partial charge < -0.3 is 29.2 Å². The molecule has 0 aromatic heterocycles. The minimum Gasteiger partial charge on any atom is -0.465 e. The molecule has 2 saturated heterocycles. The molecule has 12 fully saturated rings. The van der Waals surface area contributed by atoms with Crippen molar-refractivity contribution >= 4 is 29.8 Å². The summed E-state index contributed by atoms with van der Waals surface area (Å²) in [5, 5.41) is 23.1. The second-order valence-electron chi connectivity index (χ2n) is 22.2. The van der Waals surface area contributed by atoms with Crippen LogP contribution in [0.2, 0.25) is 0 Å². The molecule has 2 heterocycles. The second kappa shape index (κ2) is 17.9. The van der Waals surface area contributed by atoms with Gasteiger partial charge in [-0.3, -0.25) is 24.0 Å². The summed E-state index contributed by atoms with van der Waals surface area (Å²) in [6.07, 6.45) is 8.83. The van der Waals surface area contributed by atoms with E-state index in [0.29, 0.717) is 44.1 Å². The van der Waals surface area contributed by atoms with Crippen LogP contribution in [0.1, 0.15) is 184 Å². The molecular weight excluding hydrogens is 801 g/mol. The molecule has 12 rings (SSSR count). The van der Waals surface area contributed by atoms with E-state index in [1.165, 1.54) is 6.42 Å². The van der Waals surface area contributed by atoms with E-state index in [-0.39, 0.29) is 150 Å². The van der Waals surface area contributed by atoms with Crippen molar-refractivity contribution in [1.29, 1.82) is 0 Å². The van der Waals surface area contributed by atoms with Crippen molar-refractivity contribution in [3.05, 3.63) is 0 Å². The Balaban J connectivity index is 0.00000171. The first-order chi connectivity index (χ1) is 25.7. The number of ether oxygens (including phenoxy) is 4. The molecule has 0 aromatic rings. The molecule has 12 aliphatic rings. The zero-order valence-corrected chi connectivity index (χ0v) is 33.2. The number of carbonyl (C=O) groups excluding carboxylic acids is 5. The Hall–Kier alpha value is -2.53. The summed E-state index contributed by atoms with van der Waals surface area (Å²) in [7, 11) is 0. The predicted octanol–water partition coefficient (Wildman–Crippen LogP) is 10.4. The molecule has 10 aliphatic carbocycles. The summed E-state index contributed by atoms with van der Waals surface area (Å²) in [6.45, 7) is 9.82. The smallest absolute Gasteiger partial charge is 0.318 e. The highest BCUT2D eigenvalue weighted by Crippen LogP contribution is 2.66. The Morgan fingerprint density at radius 2 is 1.24 bits per heavy atom. The quantitative estimate of drug-likeness (QED) is 0.129. The number of fused-ring (bicyclic) bond motifs is 5. The first-order valence-corrected chi connectivity index (χ1v) is 21.6. The van der Waals surface area contributed by atoms with E-state index in [4.69, 9.17) is 18.9 Å². The number of hydrogen-bond acceptors (Lipinski definition) is 11. The molecule has 11 heteroatoms. The number of esters is 5. The summed E-state index contributed by atoms with van der Waals surface area (Å²) in [5.74, 6) is -2.54. The van der Waals surface area contributed by atoms with E-state index in [2.05, 4.69) is 13.8 Å². The maximum Gasteiger partial charge on any atom is 0.318 e. The van der Waals surface area contributed by atoms with E-state index in [1.807, 2.05) is 6.92 Å². The summed E-state index contributed by atoms with van der Waals surface area (Å²) in [5.41, 5.74) is -7.06. The van der Waals surface area contributed by atoms with Gasteiger partial charge in [0, 0.05) is 25.2 Å². The molecule has 63 heavy (non-hydrogen) atoms. The van der Waals surface area contributed by atoms with Gasteiger partial charge in [0.05, 0.1) is 46.4 Å². The molecule has 10 bridgehead atoms. The Morgan fingerprint density at radius 1 is 0.683 bits per heavy atom. The third-order valence-corrected chi connectivity index (χ3v) is 18.4. The van der Waals surface area contributed by atoms with Crippen molar-refractivity contribution in [2.45, 2.75) is 206 Å². The van der Waals surface area contributed by atoms with E-state index in [1.54, 1.807) is 13.8 Å². The predicted molar refractivity (Wildman–Crippen MR) is 247 cm³/mol. The topological polar surface area (TPSA) is 163 Å². The van der Waals surface area contributed by atoms with Crippen LogP contribution < -0.4 is 0 Å². The van der Waals surface area contributed by atoms with Gasteiger partial charge in [0.2, 0.25) is 0 Å². The minimum absolute atomic E-state index is 0. The van der Waals surface area contributed by atoms with Gasteiger partial charge in [-0.05, 0) is 145 Å². The number of cyclic esters (lactones) is 3. The van der Waals surface area contributed by atoms with Gasteiger partial charge in [-0.1, -0.05) is 73.3 Å². The summed E-state index contributed by atoms with van der Waals surface area (Å²) in [4.78, 5) is 70.2. The lowest BCUT2D eigenvalue weighted by Crippen LogP contribution is -2.67. The Kier molecular flexibility index (Phi) is 16.1. The van der Waals surface area contributed by atoms with Crippen molar-refractivity contribution in [2.24, 2.45) is 87.8 Å². The second-order valence-corrected chi connectivity index (χ2v) is 22.2. The lowest BCUT2D eigenvalue weighted by molar-refractivity contribution is -0.266. The van der Waals surface area contributed by atoms with Gasteiger partial charge in [0.15, 0.2) is 0 Å². The van der Waals surface area contributed by atoms with Crippen LogP contribution in [0.25, 0.3) is 0 Å². The van der Waals surface area contributed by atoms with E-state index >= 15 is 9.59 Å². The normalized spacial score (nSPS) is 46.4. The molecule has 2 N–H and O–H groups in total. The number of aliphatic hydroxyl groups is 2. The molecule has 11 nitrogen and oxygen atoms in total. The first kappa shape index (κ1) is 56.6. The van der Waals surface area contributed by atoms with Crippen LogP contribution >= 0.6 is 0 Å². The fourth-order valence-corrected chi connectivity index (χ4v) is 16.7. The molecule has 0 amide bonds. The first-order valence-electron chi connectivity index (χ1n) is 21.6. The van der Waals surface area contributed by atoms with Crippen LogP contribution in [0.3, 0.4) is 0 Å². The lowest BCUT2D eigenvalue weighted by Gasteiger charge is -2.62. The molecule has 2 aliphatic heterocycles. The van der Waals surface area contributed by atoms with Gasteiger partial charge in [0.25, 0.3) is 0 Å². The number of rotatable bonds is 9.